The third kappa shape index (κ3) is 5.89. The van der Waals surface area contributed by atoms with Crippen molar-refractivity contribution in [1.82, 2.24) is 0 Å². The quantitative estimate of drug-likeness (QED) is 0.432. The molecule has 9 heavy (non-hydrogen) atoms. The van der Waals surface area contributed by atoms with E-state index in [2.05, 4.69) is 35.1 Å². The van der Waals surface area contributed by atoms with Crippen LogP contribution in [0.3, 0.4) is 0 Å². The van der Waals surface area contributed by atoms with E-state index in [0.717, 1.165) is 6.35 Å². The molecule has 0 rings (SSSR count). The monoisotopic (exact) mass is 278 g/mol. The van der Waals surface area contributed by atoms with Crippen LogP contribution >= 0.6 is 38.3 Å². The molecule has 0 fully saturated rings. The normalized spacial score (nSPS) is 10.7. The Bertz CT molecular complexity index is 60.9. The van der Waals surface area contributed by atoms with Gasteiger partial charge in [-0.15, -0.1) is 0 Å². The van der Waals surface area contributed by atoms with Crippen LogP contribution < -0.4 is 0 Å². The molecule has 0 amide bonds. The zero-order chi connectivity index (χ0) is 7.11. The van der Waals surface area contributed by atoms with Crippen LogP contribution in [0.5, 0.6) is 0 Å². The van der Waals surface area contributed by atoms with Gasteiger partial charge in [-0.05, 0) is 12.3 Å². The molecule has 0 saturated heterocycles. The standard InChI is InChI=1S/C5H12IOPS/c1-3-8(4-2)5-7-9-6/h3-5H2,1-2H3. The van der Waals surface area contributed by atoms with Gasteiger partial charge in [0.2, 0.25) is 0 Å². The van der Waals surface area contributed by atoms with E-state index in [9.17, 15) is 0 Å². The molecule has 0 radical (unpaired) electrons. The Morgan fingerprint density at radius 1 is 1.44 bits per heavy atom. The van der Waals surface area contributed by atoms with Crippen molar-refractivity contribution in [1.29, 1.82) is 0 Å². The summed E-state index contributed by atoms with van der Waals surface area (Å²) in [4.78, 5) is 0. The number of hydrogen-bond acceptors (Lipinski definition) is 2. The molecule has 0 aromatic heterocycles. The van der Waals surface area contributed by atoms with Gasteiger partial charge >= 0.3 is 0 Å². The van der Waals surface area contributed by atoms with E-state index in [1.54, 1.807) is 0 Å². The maximum atomic E-state index is 5.21. The Hall–Kier alpha value is 1.47. The number of halogens is 1. The van der Waals surface area contributed by atoms with E-state index >= 15 is 0 Å². The van der Waals surface area contributed by atoms with Gasteiger partial charge in [-0.1, -0.05) is 21.8 Å². The van der Waals surface area contributed by atoms with Crippen molar-refractivity contribution >= 4 is 38.3 Å². The van der Waals surface area contributed by atoms with E-state index in [4.69, 9.17) is 4.18 Å². The van der Waals surface area contributed by atoms with Crippen molar-refractivity contribution in [2.24, 2.45) is 0 Å². The van der Waals surface area contributed by atoms with Gasteiger partial charge in [0, 0.05) is 21.2 Å². The minimum atomic E-state index is 0.190. The fraction of sp³-hybridized carbons (Fsp3) is 1.00. The maximum Gasteiger partial charge on any atom is 0.0815 e. The second kappa shape index (κ2) is 7.58. The summed E-state index contributed by atoms with van der Waals surface area (Å²) in [6.07, 6.45) is 3.56. The molecular formula is C5H12IOPS. The fourth-order valence-electron chi connectivity index (χ4n) is 0.501. The van der Waals surface area contributed by atoms with Crippen molar-refractivity contribution in [2.75, 3.05) is 18.7 Å². The lowest BCUT2D eigenvalue weighted by Gasteiger charge is -2.09. The lowest BCUT2D eigenvalue weighted by molar-refractivity contribution is 0.467. The van der Waals surface area contributed by atoms with E-state index in [1.807, 2.05) is 0 Å². The van der Waals surface area contributed by atoms with Gasteiger partial charge in [-0.3, -0.25) is 0 Å². The average Bonchev–Trinajstić information content (AvgIpc) is 1.91. The summed E-state index contributed by atoms with van der Waals surface area (Å²) in [5.74, 6) is 0. The second-order valence-corrected chi connectivity index (χ2v) is 5.92. The number of rotatable bonds is 5. The summed E-state index contributed by atoms with van der Waals surface area (Å²) in [5.41, 5.74) is 0. The minimum absolute atomic E-state index is 0.190. The van der Waals surface area contributed by atoms with Gasteiger partial charge < -0.3 is 4.18 Å². The Kier molecular flexibility index (Phi) is 8.81. The molecule has 0 unspecified atom stereocenters. The highest BCUT2D eigenvalue weighted by Gasteiger charge is 2.00. The van der Waals surface area contributed by atoms with Crippen LogP contribution in [0.15, 0.2) is 0 Å². The van der Waals surface area contributed by atoms with Crippen molar-refractivity contribution in [2.45, 2.75) is 13.8 Å². The first-order chi connectivity index (χ1) is 4.35. The Morgan fingerprint density at radius 3 is 2.33 bits per heavy atom. The lowest BCUT2D eigenvalue weighted by Crippen LogP contribution is -1.88. The predicted octanol–water partition coefficient (Wildman–Crippen LogP) is 3.48. The first-order valence-electron chi connectivity index (χ1n) is 2.97. The highest BCUT2D eigenvalue weighted by molar-refractivity contribution is 14.2. The van der Waals surface area contributed by atoms with Gasteiger partial charge in [0.25, 0.3) is 0 Å². The van der Waals surface area contributed by atoms with Gasteiger partial charge in [-0.2, -0.15) is 0 Å². The van der Waals surface area contributed by atoms with Crippen molar-refractivity contribution in [3.63, 3.8) is 0 Å². The van der Waals surface area contributed by atoms with Crippen molar-refractivity contribution in [3.8, 4) is 0 Å². The van der Waals surface area contributed by atoms with Crippen LogP contribution in [0, 0.1) is 0 Å². The topological polar surface area (TPSA) is 9.23 Å². The Labute approximate surface area is 74.9 Å². The third-order valence-corrected chi connectivity index (χ3v) is 4.60. The summed E-state index contributed by atoms with van der Waals surface area (Å²) >= 11 is 2.16. The molecule has 1 nitrogen and oxygen atoms in total. The summed E-state index contributed by atoms with van der Waals surface area (Å²) in [6, 6.07) is 0. The van der Waals surface area contributed by atoms with Crippen LogP contribution in [-0.4, -0.2) is 18.7 Å². The fourth-order valence-corrected chi connectivity index (χ4v) is 3.09. The molecule has 0 spiro atoms. The minimum Gasteiger partial charge on any atom is -0.301 e. The van der Waals surface area contributed by atoms with Gasteiger partial charge in [0.05, 0.1) is 15.6 Å². The molecule has 0 aromatic carbocycles. The van der Waals surface area contributed by atoms with E-state index in [1.165, 1.54) is 21.5 Å². The zero-order valence-electron chi connectivity index (χ0n) is 5.76. The molecule has 0 atom stereocenters. The molecule has 0 bridgehead atoms. The smallest absolute Gasteiger partial charge is 0.0815 e. The molecule has 4 heteroatoms. The molecule has 56 valence electrons. The maximum absolute atomic E-state index is 5.21. The largest absolute Gasteiger partial charge is 0.301 e. The molecule has 0 aliphatic heterocycles. The molecule has 0 heterocycles. The molecule has 0 aliphatic carbocycles. The lowest BCUT2D eigenvalue weighted by atomic mass is 11.0. The number of hydrogen-bond donors (Lipinski definition) is 0. The highest BCUT2D eigenvalue weighted by Crippen LogP contribution is 2.35. The summed E-state index contributed by atoms with van der Waals surface area (Å²) in [5, 5.41) is 0. The van der Waals surface area contributed by atoms with E-state index in [0.29, 0.717) is 0 Å². The summed E-state index contributed by atoms with van der Waals surface area (Å²) in [7, 11) is 1.64. The molecular weight excluding hydrogens is 266 g/mol. The second-order valence-electron chi connectivity index (χ2n) is 1.61. The summed E-state index contributed by atoms with van der Waals surface area (Å²) in [6.45, 7) is 4.47. The van der Waals surface area contributed by atoms with Crippen LogP contribution in [0.4, 0.5) is 0 Å². The molecule has 0 saturated carbocycles. The Balaban J connectivity index is 3.09. The van der Waals surface area contributed by atoms with Crippen LogP contribution in [-0.2, 0) is 4.18 Å². The van der Waals surface area contributed by atoms with Crippen molar-refractivity contribution in [3.05, 3.63) is 0 Å². The predicted molar refractivity (Wildman–Crippen MR) is 55.6 cm³/mol. The molecule has 0 N–H and O–H groups in total. The van der Waals surface area contributed by atoms with Gasteiger partial charge in [0.15, 0.2) is 0 Å². The van der Waals surface area contributed by atoms with Crippen LogP contribution in [0.25, 0.3) is 0 Å². The molecule has 0 aliphatic rings. The zero-order valence-corrected chi connectivity index (χ0v) is 9.63. The highest BCUT2D eigenvalue weighted by atomic mass is 127. The average molecular weight is 278 g/mol. The first-order valence-corrected chi connectivity index (χ1v) is 8.15. The van der Waals surface area contributed by atoms with Crippen molar-refractivity contribution < 1.29 is 4.18 Å². The van der Waals surface area contributed by atoms with E-state index in [-0.39, 0.29) is 7.92 Å². The van der Waals surface area contributed by atoms with Gasteiger partial charge in [0.1, 0.15) is 0 Å². The van der Waals surface area contributed by atoms with Crippen LogP contribution in [0.1, 0.15) is 13.8 Å². The molecule has 0 aromatic rings. The Morgan fingerprint density at radius 2 is 2.00 bits per heavy atom. The van der Waals surface area contributed by atoms with E-state index < -0.39 is 0 Å². The first kappa shape index (κ1) is 10.5. The summed E-state index contributed by atoms with van der Waals surface area (Å²) < 4.78 is 5.21. The SMILES string of the molecule is CCP(CC)COSI. The third-order valence-electron chi connectivity index (χ3n) is 1.17. The van der Waals surface area contributed by atoms with Gasteiger partial charge in [-0.25, -0.2) is 0 Å². The van der Waals surface area contributed by atoms with Crippen LogP contribution in [0.2, 0.25) is 0 Å².